The molecule has 100 valence electrons. The zero-order valence-electron chi connectivity index (χ0n) is 10.4. The van der Waals surface area contributed by atoms with Crippen molar-refractivity contribution < 1.29 is 14.8 Å². The van der Waals surface area contributed by atoms with Crippen LogP contribution in [0.2, 0.25) is 0 Å². The molecule has 0 radical (unpaired) electrons. The lowest BCUT2D eigenvalue weighted by Crippen LogP contribution is -2.43. The average molecular weight is 264 g/mol. The fraction of sp³-hybridized carbons (Fsp3) is 0.364. The molecule has 8 nitrogen and oxygen atoms in total. The van der Waals surface area contributed by atoms with Gasteiger partial charge in [-0.1, -0.05) is 6.92 Å². The van der Waals surface area contributed by atoms with Crippen LogP contribution in [0, 0.1) is 21.4 Å². The molecular weight excluding hydrogens is 252 g/mol. The third kappa shape index (κ3) is 2.77. The maximum Gasteiger partial charge on any atom is 0.329 e. The molecule has 1 aromatic rings. The molecule has 1 aromatic heterocycles. The lowest BCUT2D eigenvalue weighted by Gasteiger charge is -2.24. The topological polar surface area (TPSA) is 129 Å². The molecule has 1 atom stereocenters. The molecule has 0 aromatic carbocycles. The van der Waals surface area contributed by atoms with Crippen LogP contribution in [0.25, 0.3) is 0 Å². The smallest absolute Gasteiger partial charge is 0.329 e. The minimum Gasteiger partial charge on any atom is -0.480 e. The van der Waals surface area contributed by atoms with E-state index in [1.54, 1.807) is 13.0 Å². The molecule has 0 fully saturated rings. The number of carbonyl (C=O) groups is 1. The van der Waals surface area contributed by atoms with Crippen molar-refractivity contribution in [2.24, 2.45) is 0 Å². The van der Waals surface area contributed by atoms with E-state index in [2.05, 4.69) is 10.3 Å². The minimum atomic E-state index is -1.40. The molecule has 0 aliphatic heterocycles. The van der Waals surface area contributed by atoms with Crippen molar-refractivity contribution in [3.63, 3.8) is 0 Å². The number of hydrogen-bond donors (Lipinski definition) is 2. The van der Waals surface area contributed by atoms with Gasteiger partial charge in [-0.05, 0) is 19.4 Å². The fourth-order valence-electron chi connectivity index (χ4n) is 1.37. The highest BCUT2D eigenvalue weighted by atomic mass is 16.6. The van der Waals surface area contributed by atoms with Gasteiger partial charge in [0.2, 0.25) is 5.82 Å². The molecule has 0 saturated heterocycles. The number of rotatable bonds is 5. The summed E-state index contributed by atoms with van der Waals surface area (Å²) in [5, 5.41) is 31.5. The van der Waals surface area contributed by atoms with Crippen molar-refractivity contribution in [1.29, 1.82) is 5.26 Å². The second-order valence-electron chi connectivity index (χ2n) is 4.04. The molecule has 0 aliphatic rings. The Bertz CT molecular complexity index is 566. The van der Waals surface area contributed by atoms with Gasteiger partial charge in [-0.15, -0.1) is 0 Å². The highest BCUT2D eigenvalue weighted by Gasteiger charge is 2.34. The number of nitriles is 1. The Balaban J connectivity index is 3.33. The number of pyridine rings is 1. The number of hydrogen-bond acceptors (Lipinski definition) is 6. The van der Waals surface area contributed by atoms with Gasteiger partial charge in [-0.2, -0.15) is 5.26 Å². The zero-order valence-corrected chi connectivity index (χ0v) is 10.4. The molecule has 0 aliphatic carbocycles. The van der Waals surface area contributed by atoms with Crippen LogP contribution in [0.3, 0.4) is 0 Å². The monoisotopic (exact) mass is 264 g/mol. The van der Waals surface area contributed by atoms with Gasteiger partial charge in [-0.3, -0.25) is 10.1 Å². The van der Waals surface area contributed by atoms with Crippen LogP contribution in [0.5, 0.6) is 0 Å². The van der Waals surface area contributed by atoms with Gasteiger partial charge in [-0.25, -0.2) is 9.78 Å². The summed E-state index contributed by atoms with van der Waals surface area (Å²) in [6.07, 6.45) is 1.41. The molecule has 1 heterocycles. The summed E-state index contributed by atoms with van der Waals surface area (Å²) in [6, 6.07) is 2.88. The Hall–Kier alpha value is -2.69. The highest BCUT2D eigenvalue weighted by molar-refractivity contribution is 5.83. The maximum atomic E-state index is 11.2. The molecule has 19 heavy (non-hydrogen) atoms. The molecule has 8 heteroatoms. The van der Waals surface area contributed by atoms with Crippen LogP contribution in [-0.4, -0.2) is 26.5 Å². The first-order valence-electron chi connectivity index (χ1n) is 5.40. The molecule has 1 unspecified atom stereocenters. The molecule has 0 spiro atoms. The van der Waals surface area contributed by atoms with E-state index in [1.165, 1.54) is 19.2 Å². The van der Waals surface area contributed by atoms with E-state index in [0.717, 1.165) is 0 Å². The number of nitrogens with zero attached hydrogens (tertiary/aromatic N) is 3. The average Bonchev–Trinajstić information content (AvgIpc) is 2.37. The second-order valence-corrected chi connectivity index (χ2v) is 4.04. The molecule has 0 amide bonds. The maximum absolute atomic E-state index is 11.2. The first-order chi connectivity index (χ1) is 8.85. The Morgan fingerprint density at radius 3 is 2.79 bits per heavy atom. The lowest BCUT2D eigenvalue weighted by atomic mass is 9.99. The Labute approximate surface area is 108 Å². The van der Waals surface area contributed by atoms with E-state index in [-0.39, 0.29) is 17.8 Å². The number of anilines is 1. The second kappa shape index (κ2) is 5.30. The molecule has 2 N–H and O–H groups in total. The first-order valence-corrected chi connectivity index (χ1v) is 5.40. The van der Waals surface area contributed by atoms with E-state index in [0.29, 0.717) is 0 Å². The van der Waals surface area contributed by atoms with Crippen molar-refractivity contribution in [2.45, 2.75) is 25.8 Å². The van der Waals surface area contributed by atoms with Gasteiger partial charge in [0.25, 0.3) is 0 Å². The molecule has 0 saturated carbocycles. The van der Waals surface area contributed by atoms with Crippen LogP contribution < -0.4 is 5.32 Å². The number of carboxylic acid groups (broad SMARTS) is 1. The summed E-state index contributed by atoms with van der Waals surface area (Å²) in [7, 11) is 0. The number of aliphatic carboxylic acids is 1. The first kappa shape index (κ1) is 14.4. The van der Waals surface area contributed by atoms with Crippen molar-refractivity contribution in [1.82, 2.24) is 4.98 Å². The predicted octanol–water partition coefficient (Wildman–Crippen LogP) is 1.53. The summed E-state index contributed by atoms with van der Waals surface area (Å²) in [6.45, 7) is 3.01. The number of nitrogens with one attached hydrogen (secondary N) is 1. The third-order valence-electron chi connectivity index (χ3n) is 2.80. The van der Waals surface area contributed by atoms with E-state index < -0.39 is 22.1 Å². The molecule has 1 rings (SSSR count). The van der Waals surface area contributed by atoms with E-state index in [1.807, 2.05) is 0 Å². The Morgan fingerprint density at radius 2 is 2.37 bits per heavy atom. The van der Waals surface area contributed by atoms with Gasteiger partial charge in [0, 0.05) is 6.20 Å². The van der Waals surface area contributed by atoms with Gasteiger partial charge in [0.1, 0.15) is 17.2 Å². The molecule has 0 bridgehead atoms. The van der Waals surface area contributed by atoms with Crippen LogP contribution in [0.1, 0.15) is 25.8 Å². The number of nitro groups is 1. The van der Waals surface area contributed by atoms with Crippen molar-refractivity contribution in [3.05, 3.63) is 27.9 Å². The number of carboxylic acids is 1. The number of aromatic nitrogens is 1. The zero-order chi connectivity index (χ0) is 14.6. The summed E-state index contributed by atoms with van der Waals surface area (Å²) < 4.78 is 0. The SMILES string of the molecule is CCC(C)(Nc1nccc(C#N)c1[N+](=O)[O-])C(=O)O. The highest BCUT2D eigenvalue weighted by Crippen LogP contribution is 2.29. The normalized spacial score (nSPS) is 13.1. The van der Waals surface area contributed by atoms with Crippen molar-refractivity contribution in [2.75, 3.05) is 5.32 Å². The summed E-state index contributed by atoms with van der Waals surface area (Å²) >= 11 is 0. The Morgan fingerprint density at radius 1 is 1.74 bits per heavy atom. The molecular formula is C11H12N4O4. The largest absolute Gasteiger partial charge is 0.480 e. The van der Waals surface area contributed by atoms with Gasteiger partial charge in [0.15, 0.2) is 0 Å². The van der Waals surface area contributed by atoms with Crippen LogP contribution in [0.15, 0.2) is 12.3 Å². The minimum absolute atomic E-state index is 0.175. The van der Waals surface area contributed by atoms with Gasteiger partial charge >= 0.3 is 11.7 Å². The van der Waals surface area contributed by atoms with Gasteiger partial charge in [0.05, 0.1) is 4.92 Å². The van der Waals surface area contributed by atoms with E-state index >= 15 is 0 Å². The van der Waals surface area contributed by atoms with Crippen molar-refractivity contribution in [3.8, 4) is 6.07 Å². The summed E-state index contributed by atoms with van der Waals surface area (Å²) in [5.41, 5.74) is -2.09. The standard InChI is InChI=1S/C11H12N4O4/c1-3-11(2,10(16)17)14-9-8(15(18)19)7(6-12)4-5-13-9/h4-5H,3H2,1-2H3,(H,13,14)(H,16,17). The Kier molecular flexibility index (Phi) is 4.01. The van der Waals surface area contributed by atoms with Crippen LogP contribution in [0.4, 0.5) is 11.5 Å². The van der Waals surface area contributed by atoms with Crippen LogP contribution >= 0.6 is 0 Å². The van der Waals surface area contributed by atoms with Gasteiger partial charge < -0.3 is 10.4 Å². The van der Waals surface area contributed by atoms with Crippen molar-refractivity contribution >= 4 is 17.5 Å². The van der Waals surface area contributed by atoms with Crippen LogP contribution in [-0.2, 0) is 4.79 Å². The fourth-order valence-corrected chi connectivity index (χ4v) is 1.37. The predicted molar refractivity (Wildman–Crippen MR) is 65.6 cm³/mol. The quantitative estimate of drug-likeness (QED) is 0.609. The summed E-state index contributed by atoms with van der Waals surface area (Å²) in [5.74, 6) is -1.38. The lowest BCUT2D eigenvalue weighted by molar-refractivity contribution is -0.384. The summed E-state index contributed by atoms with van der Waals surface area (Å²) in [4.78, 5) is 25.1. The third-order valence-corrected chi connectivity index (χ3v) is 2.80. The van der Waals surface area contributed by atoms with E-state index in [4.69, 9.17) is 10.4 Å². The van der Waals surface area contributed by atoms with E-state index in [9.17, 15) is 14.9 Å².